The van der Waals surface area contributed by atoms with Gasteiger partial charge < -0.3 is 10.5 Å². The first-order chi connectivity index (χ1) is 12.4. The van der Waals surface area contributed by atoms with Crippen LogP contribution in [0.2, 0.25) is 0 Å². The van der Waals surface area contributed by atoms with Crippen LogP contribution in [0.4, 0.5) is 0 Å². The summed E-state index contributed by atoms with van der Waals surface area (Å²) in [6.07, 6.45) is 4.56. The van der Waals surface area contributed by atoms with Crippen molar-refractivity contribution in [3.63, 3.8) is 0 Å². The summed E-state index contributed by atoms with van der Waals surface area (Å²) in [5.74, 6) is 1.32. The minimum absolute atomic E-state index is 0.381. The van der Waals surface area contributed by atoms with Gasteiger partial charge in [0.15, 0.2) is 0 Å². The molecule has 0 radical (unpaired) electrons. The fourth-order valence-corrected chi connectivity index (χ4v) is 3.51. The smallest absolute Gasteiger partial charge is 0.148 e. The van der Waals surface area contributed by atoms with Crippen molar-refractivity contribution in [2.45, 2.75) is 39.7 Å². The highest BCUT2D eigenvalue weighted by Crippen LogP contribution is 2.36. The van der Waals surface area contributed by atoms with E-state index < -0.39 is 0 Å². The van der Waals surface area contributed by atoms with E-state index in [1.807, 2.05) is 56.6 Å². The summed E-state index contributed by atoms with van der Waals surface area (Å²) in [6, 6.07) is 12.2. The van der Waals surface area contributed by atoms with Crippen LogP contribution in [0.3, 0.4) is 0 Å². The second-order valence-corrected chi connectivity index (χ2v) is 7.69. The third kappa shape index (κ3) is 4.02. The molecule has 0 aliphatic carbocycles. The quantitative estimate of drug-likeness (QED) is 0.698. The first kappa shape index (κ1) is 18.3. The number of fused-ring (bicyclic) bond motifs is 1. The van der Waals surface area contributed by atoms with E-state index >= 15 is 0 Å². The van der Waals surface area contributed by atoms with Gasteiger partial charge in [0.1, 0.15) is 12.4 Å². The van der Waals surface area contributed by atoms with Crippen molar-refractivity contribution in [2.24, 2.45) is 11.7 Å². The van der Waals surface area contributed by atoms with Crippen LogP contribution in [0, 0.1) is 12.8 Å². The molecule has 0 unspecified atom stereocenters. The predicted molar refractivity (Wildman–Crippen MR) is 107 cm³/mol. The molecule has 0 spiro atoms. The Labute approximate surface area is 155 Å². The minimum Gasteiger partial charge on any atom is -0.489 e. The van der Waals surface area contributed by atoms with E-state index in [2.05, 4.69) is 29.9 Å². The Balaban J connectivity index is 2.00. The van der Waals surface area contributed by atoms with Crippen molar-refractivity contribution in [3.8, 4) is 16.9 Å². The predicted octanol–water partition coefficient (Wildman–Crippen LogP) is 4.75. The highest BCUT2D eigenvalue weighted by atomic mass is 16.5. The monoisotopic (exact) mass is 349 g/mol. The van der Waals surface area contributed by atoms with E-state index in [4.69, 9.17) is 10.5 Å². The molecule has 1 aromatic carbocycles. The second-order valence-electron chi connectivity index (χ2n) is 7.69. The molecule has 0 aliphatic heterocycles. The van der Waals surface area contributed by atoms with Crippen LogP contribution in [0.1, 0.15) is 32.9 Å². The van der Waals surface area contributed by atoms with Gasteiger partial charge in [0, 0.05) is 28.9 Å². The van der Waals surface area contributed by atoms with E-state index in [0.717, 1.165) is 39.9 Å². The fourth-order valence-electron chi connectivity index (χ4n) is 3.51. The van der Waals surface area contributed by atoms with Gasteiger partial charge >= 0.3 is 0 Å². The maximum atomic E-state index is 6.44. The highest BCUT2D eigenvalue weighted by Gasteiger charge is 2.23. The molecule has 2 heterocycles. The lowest BCUT2D eigenvalue weighted by molar-refractivity contribution is 0.206. The second kappa shape index (κ2) is 7.42. The Hall–Kier alpha value is -2.46. The summed E-state index contributed by atoms with van der Waals surface area (Å²) >= 11 is 0. The number of benzene rings is 1. The number of aromatic nitrogens is 2. The molecule has 2 N–H and O–H groups in total. The topological polar surface area (TPSA) is 61.0 Å². The summed E-state index contributed by atoms with van der Waals surface area (Å²) in [5, 5.41) is 1.10. The SMILES string of the molecule is Cc1nccc(-c2ccnc3ccccc23)c1OC[C@@](C)(N)CC(C)C. The molecule has 0 aliphatic rings. The molecular formula is C22H27N3O. The average molecular weight is 349 g/mol. The van der Waals surface area contributed by atoms with Crippen LogP contribution >= 0.6 is 0 Å². The molecule has 136 valence electrons. The zero-order chi connectivity index (χ0) is 18.7. The average Bonchev–Trinajstić information content (AvgIpc) is 2.59. The number of nitrogens with two attached hydrogens (primary N) is 1. The number of hydrogen-bond donors (Lipinski definition) is 1. The molecule has 3 aromatic rings. The molecule has 0 fully saturated rings. The summed E-state index contributed by atoms with van der Waals surface area (Å²) in [5.41, 5.74) is 10.0. The Morgan fingerprint density at radius 1 is 1.04 bits per heavy atom. The number of rotatable bonds is 6. The van der Waals surface area contributed by atoms with Crippen LogP contribution in [-0.4, -0.2) is 22.1 Å². The third-order valence-corrected chi connectivity index (χ3v) is 4.44. The largest absolute Gasteiger partial charge is 0.489 e. The van der Waals surface area contributed by atoms with Gasteiger partial charge in [0.25, 0.3) is 0 Å². The normalized spacial score (nSPS) is 13.8. The van der Waals surface area contributed by atoms with E-state index in [1.165, 1.54) is 0 Å². The van der Waals surface area contributed by atoms with Crippen molar-refractivity contribution in [2.75, 3.05) is 6.61 Å². The standard InChI is InChI=1S/C22H27N3O/c1-15(2)13-22(4,23)14-26-21-16(3)24-11-10-19(21)17-9-12-25-20-8-6-5-7-18(17)20/h5-12,15H,13-14,23H2,1-4H3/t22-/m0/s1. The van der Waals surface area contributed by atoms with Gasteiger partial charge in [0.2, 0.25) is 0 Å². The molecule has 4 nitrogen and oxygen atoms in total. The Morgan fingerprint density at radius 2 is 1.73 bits per heavy atom. The van der Waals surface area contributed by atoms with Gasteiger partial charge in [-0.3, -0.25) is 9.97 Å². The van der Waals surface area contributed by atoms with Gasteiger partial charge in [0.05, 0.1) is 11.2 Å². The number of pyridine rings is 2. The lowest BCUT2D eigenvalue weighted by Crippen LogP contribution is -2.43. The van der Waals surface area contributed by atoms with Gasteiger partial charge in [-0.2, -0.15) is 0 Å². The van der Waals surface area contributed by atoms with Crippen LogP contribution in [0.15, 0.2) is 48.8 Å². The molecule has 0 saturated carbocycles. The van der Waals surface area contributed by atoms with E-state index in [0.29, 0.717) is 12.5 Å². The van der Waals surface area contributed by atoms with Crippen LogP contribution in [-0.2, 0) is 0 Å². The summed E-state index contributed by atoms with van der Waals surface area (Å²) < 4.78 is 6.23. The van der Waals surface area contributed by atoms with Gasteiger partial charge in [-0.05, 0) is 49.9 Å². The summed E-state index contributed by atoms with van der Waals surface area (Å²) in [6.45, 7) is 8.82. The van der Waals surface area contributed by atoms with Gasteiger partial charge in [-0.15, -0.1) is 0 Å². The molecule has 1 atom stereocenters. The number of nitrogens with zero attached hydrogens (tertiary/aromatic N) is 2. The van der Waals surface area contributed by atoms with Crippen LogP contribution < -0.4 is 10.5 Å². The van der Waals surface area contributed by atoms with Crippen molar-refractivity contribution in [1.82, 2.24) is 9.97 Å². The zero-order valence-electron chi connectivity index (χ0n) is 16.0. The lowest BCUT2D eigenvalue weighted by Gasteiger charge is -2.27. The van der Waals surface area contributed by atoms with Crippen LogP contribution in [0.5, 0.6) is 5.75 Å². The molecule has 26 heavy (non-hydrogen) atoms. The summed E-state index contributed by atoms with van der Waals surface area (Å²) in [4.78, 5) is 8.89. The third-order valence-electron chi connectivity index (χ3n) is 4.44. The Morgan fingerprint density at radius 3 is 2.50 bits per heavy atom. The van der Waals surface area contributed by atoms with Crippen molar-refractivity contribution in [1.29, 1.82) is 0 Å². The highest BCUT2D eigenvalue weighted by molar-refractivity contribution is 5.95. The zero-order valence-corrected chi connectivity index (χ0v) is 16.0. The molecule has 0 bridgehead atoms. The van der Waals surface area contributed by atoms with E-state index in [1.54, 1.807) is 0 Å². The number of hydrogen-bond acceptors (Lipinski definition) is 4. The molecule has 0 saturated heterocycles. The van der Waals surface area contributed by atoms with E-state index in [9.17, 15) is 0 Å². The lowest BCUT2D eigenvalue weighted by atomic mass is 9.92. The van der Waals surface area contributed by atoms with E-state index in [-0.39, 0.29) is 5.54 Å². The Kier molecular flexibility index (Phi) is 5.23. The van der Waals surface area contributed by atoms with Crippen LogP contribution in [0.25, 0.3) is 22.0 Å². The maximum absolute atomic E-state index is 6.44. The first-order valence-corrected chi connectivity index (χ1v) is 9.09. The first-order valence-electron chi connectivity index (χ1n) is 9.09. The maximum Gasteiger partial charge on any atom is 0.148 e. The van der Waals surface area contributed by atoms with Gasteiger partial charge in [-0.1, -0.05) is 32.0 Å². The Bertz CT molecular complexity index is 898. The van der Waals surface area contributed by atoms with Crippen molar-refractivity contribution >= 4 is 10.9 Å². The number of para-hydroxylation sites is 1. The molecule has 0 amide bonds. The molecular weight excluding hydrogens is 322 g/mol. The number of ether oxygens (including phenoxy) is 1. The molecule has 2 aromatic heterocycles. The fraction of sp³-hybridized carbons (Fsp3) is 0.364. The number of aryl methyl sites for hydroxylation is 1. The van der Waals surface area contributed by atoms with Crippen molar-refractivity contribution in [3.05, 3.63) is 54.5 Å². The van der Waals surface area contributed by atoms with Gasteiger partial charge in [-0.25, -0.2) is 0 Å². The minimum atomic E-state index is -0.381. The molecule has 4 heteroatoms. The van der Waals surface area contributed by atoms with Crippen molar-refractivity contribution < 1.29 is 4.74 Å². The molecule has 3 rings (SSSR count). The summed E-state index contributed by atoms with van der Waals surface area (Å²) in [7, 11) is 0.